The molecule has 66 valence electrons. The molecule has 12 heavy (non-hydrogen) atoms. The Bertz CT molecular complexity index is 297. The summed E-state index contributed by atoms with van der Waals surface area (Å²) in [5.41, 5.74) is 0.921. The van der Waals surface area contributed by atoms with E-state index >= 15 is 0 Å². The molecule has 3 heteroatoms. The van der Waals surface area contributed by atoms with Gasteiger partial charge in [0.25, 0.3) is 0 Å². The first-order valence-corrected chi connectivity index (χ1v) is 4.03. The van der Waals surface area contributed by atoms with Gasteiger partial charge >= 0.3 is 0 Å². The number of hydrogen-bond acceptors (Lipinski definition) is 1. The zero-order chi connectivity index (χ0) is 9.30. The minimum absolute atomic E-state index is 0.241. The second-order valence-corrected chi connectivity index (χ2v) is 3.21. The van der Waals surface area contributed by atoms with Gasteiger partial charge in [0.15, 0.2) is 0 Å². The first-order valence-electron chi connectivity index (χ1n) is 3.66. The molecule has 0 radical (unpaired) electrons. The van der Waals surface area contributed by atoms with Gasteiger partial charge in [0.1, 0.15) is 5.82 Å². The summed E-state index contributed by atoms with van der Waals surface area (Å²) in [6.45, 7) is 3.22. The summed E-state index contributed by atoms with van der Waals surface area (Å²) in [5.74, 6) is -0.410. The van der Waals surface area contributed by atoms with E-state index in [2.05, 4.69) is 0 Å². The van der Waals surface area contributed by atoms with Gasteiger partial charge in [-0.1, -0.05) is 11.6 Å². The molecular formula is C9H10ClFO. The van der Waals surface area contributed by atoms with Crippen molar-refractivity contribution in [2.24, 2.45) is 0 Å². The highest BCUT2D eigenvalue weighted by Crippen LogP contribution is 2.24. The van der Waals surface area contributed by atoms with Crippen molar-refractivity contribution >= 4 is 11.6 Å². The average Bonchev–Trinajstić information content (AvgIpc) is 1.96. The van der Waals surface area contributed by atoms with Crippen LogP contribution in [0.3, 0.4) is 0 Å². The summed E-state index contributed by atoms with van der Waals surface area (Å²) in [7, 11) is 0. The van der Waals surface area contributed by atoms with Crippen molar-refractivity contribution in [1.82, 2.24) is 0 Å². The van der Waals surface area contributed by atoms with Crippen LogP contribution in [0.4, 0.5) is 4.39 Å². The van der Waals surface area contributed by atoms with E-state index in [0.717, 1.165) is 0 Å². The minimum Gasteiger partial charge on any atom is -0.389 e. The number of aliphatic hydroxyl groups excluding tert-OH is 1. The van der Waals surface area contributed by atoms with E-state index in [0.29, 0.717) is 10.6 Å². The summed E-state index contributed by atoms with van der Waals surface area (Å²) < 4.78 is 13.1. The molecule has 0 aliphatic heterocycles. The van der Waals surface area contributed by atoms with Crippen molar-refractivity contribution in [1.29, 1.82) is 0 Å². The summed E-state index contributed by atoms with van der Waals surface area (Å²) in [6, 6.07) is 2.78. The van der Waals surface area contributed by atoms with Crippen LogP contribution < -0.4 is 0 Å². The quantitative estimate of drug-likeness (QED) is 0.719. The Morgan fingerprint density at radius 2 is 2.08 bits per heavy atom. The SMILES string of the molecule is Cc1cc(F)c(C(C)O)cc1Cl. The third-order valence-corrected chi connectivity index (χ3v) is 2.14. The van der Waals surface area contributed by atoms with Crippen molar-refractivity contribution in [3.05, 3.63) is 34.1 Å². The molecule has 1 aromatic rings. The molecule has 0 amide bonds. The monoisotopic (exact) mass is 188 g/mol. The van der Waals surface area contributed by atoms with Crippen LogP contribution in [0, 0.1) is 12.7 Å². The van der Waals surface area contributed by atoms with Crippen molar-refractivity contribution in [3.63, 3.8) is 0 Å². The average molecular weight is 189 g/mol. The molecule has 0 heterocycles. The van der Waals surface area contributed by atoms with Crippen LogP contribution in [0.25, 0.3) is 0 Å². The van der Waals surface area contributed by atoms with E-state index in [1.165, 1.54) is 19.1 Å². The molecule has 1 nitrogen and oxygen atoms in total. The summed E-state index contributed by atoms with van der Waals surface area (Å²) in [6.07, 6.45) is -0.817. The van der Waals surface area contributed by atoms with Crippen LogP contribution in [0.15, 0.2) is 12.1 Å². The van der Waals surface area contributed by atoms with Crippen LogP contribution in [0.1, 0.15) is 24.2 Å². The molecule has 0 spiro atoms. The van der Waals surface area contributed by atoms with E-state index in [-0.39, 0.29) is 5.56 Å². The first-order chi connectivity index (χ1) is 5.52. The molecule has 0 bridgehead atoms. The number of hydrogen-bond donors (Lipinski definition) is 1. The molecule has 0 saturated carbocycles. The molecule has 0 aliphatic rings. The maximum Gasteiger partial charge on any atom is 0.129 e. The van der Waals surface area contributed by atoms with Gasteiger partial charge in [0.05, 0.1) is 6.10 Å². The van der Waals surface area contributed by atoms with E-state index in [1.54, 1.807) is 6.92 Å². The predicted octanol–water partition coefficient (Wildman–Crippen LogP) is 2.84. The second-order valence-electron chi connectivity index (χ2n) is 2.80. The van der Waals surface area contributed by atoms with Crippen LogP contribution in [0.5, 0.6) is 0 Å². The summed E-state index contributed by atoms with van der Waals surface area (Å²) >= 11 is 5.75. The molecule has 1 aromatic carbocycles. The van der Waals surface area contributed by atoms with Crippen molar-refractivity contribution < 1.29 is 9.50 Å². The van der Waals surface area contributed by atoms with Crippen LogP contribution in [-0.2, 0) is 0 Å². The van der Waals surface area contributed by atoms with Gasteiger partial charge in [-0.3, -0.25) is 0 Å². The Kier molecular flexibility index (Phi) is 2.70. The molecule has 0 aromatic heterocycles. The lowest BCUT2D eigenvalue weighted by Gasteiger charge is -2.07. The molecule has 0 saturated heterocycles. The fourth-order valence-corrected chi connectivity index (χ4v) is 1.15. The standard InChI is InChI=1S/C9H10ClFO/c1-5-3-9(11)7(6(2)12)4-8(5)10/h3-4,6,12H,1-2H3. The Balaban J connectivity index is 3.23. The van der Waals surface area contributed by atoms with Crippen molar-refractivity contribution in [2.75, 3.05) is 0 Å². The van der Waals surface area contributed by atoms with Gasteiger partial charge < -0.3 is 5.11 Å². The van der Waals surface area contributed by atoms with Gasteiger partial charge in [-0.25, -0.2) is 4.39 Å². The van der Waals surface area contributed by atoms with Gasteiger partial charge in [-0.2, -0.15) is 0 Å². The van der Waals surface area contributed by atoms with Gasteiger partial charge in [-0.15, -0.1) is 0 Å². The number of benzene rings is 1. The van der Waals surface area contributed by atoms with Gasteiger partial charge in [0.2, 0.25) is 0 Å². The maximum absolute atomic E-state index is 13.1. The number of rotatable bonds is 1. The molecular weight excluding hydrogens is 179 g/mol. The van der Waals surface area contributed by atoms with Crippen LogP contribution in [0.2, 0.25) is 5.02 Å². The Morgan fingerprint density at radius 1 is 1.50 bits per heavy atom. The largest absolute Gasteiger partial charge is 0.389 e. The normalized spacial score (nSPS) is 13.1. The lowest BCUT2D eigenvalue weighted by molar-refractivity contribution is 0.194. The lowest BCUT2D eigenvalue weighted by Crippen LogP contribution is -1.96. The predicted molar refractivity (Wildman–Crippen MR) is 46.8 cm³/mol. The fraction of sp³-hybridized carbons (Fsp3) is 0.333. The van der Waals surface area contributed by atoms with Crippen LogP contribution >= 0.6 is 11.6 Å². The van der Waals surface area contributed by atoms with Crippen molar-refractivity contribution in [3.8, 4) is 0 Å². The Hall–Kier alpha value is -0.600. The first kappa shape index (κ1) is 9.49. The zero-order valence-corrected chi connectivity index (χ0v) is 7.69. The Morgan fingerprint density at radius 3 is 2.58 bits per heavy atom. The fourth-order valence-electron chi connectivity index (χ4n) is 0.982. The molecule has 0 aliphatic carbocycles. The van der Waals surface area contributed by atoms with Crippen molar-refractivity contribution in [2.45, 2.75) is 20.0 Å². The molecule has 0 fully saturated rings. The zero-order valence-electron chi connectivity index (χ0n) is 6.94. The summed E-state index contributed by atoms with van der Waals surface area (Å²) in [5, 5.41) is 9.60. The highest BCUT2D eigenvalue weighted by Gasteiger charge is 2.09. The highest BCUT2D eigenvalue weighted by molar-refractivity contribution is 6.31. The number of aliphatic hydroxyl groups is 1. The lowest BCUT2D eigenvalue weighted by atomic mass is 10.1. The molecule has 1 unspecified atom stereocenters. The van der Waals surface area contributed by atoms with E-state index in [1.807, 2.05) is 0 Å². The van der Waals surface area contributed by atoms with E-state index in [4.69, 9.17) is 16.7 Å². The number of aryl methyl sites for hydroxylation is 1. The van der Waals surface area contributed by atoms with E-state index in [9.17, 15) is 4.39 Å². The Labute approximate surface area is 75.8 Å². The minimum atomic E-state index is -0.817. The number of halogens is 2. The third-order valence-electron chi connectivity index (χ3n) is 1.73. The highest BCUT2D eigenvalue weighted by atomic mass is 35.5. The topological polar surface area (TPSA) is 20.2 Å². The van der Waals surface area contributed by atoms with Gasteiger partial charge in [-0.05, 0) is 31.5 Å². The summed E-state index contributed by atoms with van der Waals surface area (Å²) in [4.78, 5) is 0. The smallest absolute Gasteiger partial charge is 0.129 e. The van der Waals surface area contributed by atoms with Gasteiger partial charge in [0, 0.05) is 10.6 Å². The van der Waals surface area contributed by atoms with Crippen LogP contribution in [-0.4, -0.2) is 5.11 Å². The third kappa shape index (κ3) is 1.76. The van der Waals surface area contributed by atoms with E-state index < -0.39 is 11.9 Å². The molecule has 1 rings (SSSR count). The second kappa shape index (κ2) is 3.42. The maximum atomic E-state index is 13.1. The molecule has 1 N–H and O–H groups in total. The molecule has 1 atom stereocenters.